The normalized spacial score (nSPS) is 11.2. The topological polar surface area (TPSA) is 103 Å². The van der Waals surface area contributed by atoms with E-state index >= 15 is 0 Å². The Morgan fingerprint density at radius 3 is 2.37 bits per heavy atom. The van der Waals surface area contributed by atoms with Gasteiger partial charge in [-0.1, -0.05) is 23.8 Å². The zero-order valence-electron chi connectivity index (χ0n) is 16.1. The summed E-state index contributed by atoms with van der Waals surface area (Å²) in [5.74, 6) is -0.431. The lowest BCUT2D eigenvalue weighted by Gasteiger charge is -2.02. The van der Waals surface area contributed by atoms with Crippen LogP contribution in [0.3, 0.4) is 0 Å². The molecule has 0 fully saturated rings. The molecular formula is C24H19NO5. The van der Waals surface area contributed by atoms with E-state index in [1.165, 1.54) is 24.3 Å². The highest BCUT2D eigenvalue weighted by Crippen LogP contribution is 2.37. The molecule has 4 N–H and O–H groups in total. The Kier molecular flexibility index (Phi) is 4.90. The van der Waals surface area contributed by atoms with Crippen molar-refractivity contribution >= 4 is 28.6 Å². The van der Waals surface area contributed by atoms with E-state index in [4.69, 9.17) is 4.42 Å². The SMILES string of the molecule is Cc1ccc(NC(=O)/C=C/c2ccc(O)c3oc(-c4ccc(O)c(O)c4)cc23)cc1. The number of fused-ring (bicyclic) bond motifs is 1. The monoisotopic (exact) mass is 401 g/mol. The smallest absolute Gasteiger partial charge is 0.248 e. The van der Waals surface area contributed by atoms with Crippen LogP contribution in [0.15, 0.2) is 71.2 Å². The van der Waals surface area contributed by atoms with Gasteiger partial charge in [-0.3, -0.25) is 4.79 Å². The zero-order chi connectivity index (χ0) is 21.3. The van der Waals surface area contributed by atoms with Crippen molar-refractivity contribution < 1.29 is 24.5 Å². The lowest BCUT2D eigenvalue weighted by molar-refractivity contribution is -0.111. The number of amides is 1. The molecule has 0 aliphatic rings. The predicted octanol–water partition coefficient (Wildman–Crippen LogP) is 5.18. The Hall–Kier alpha value is -4.19. The van der Waals surface area contributed by atoms with Crippen molar-refractivity contribution in [1.82, 2.24) is 0 Å². The molecule has 0 saturated carbocycles. The van der Waals surface area contributed by atoms with Crippen LogP contribution in [0.5, 0.6) is 17.2 Å². The van der Waals surface area contributed by atoms with Crippen molar-refractivity contribution in [1.29, 1.82) is 0 Å². The third kappa shape index (κ3) is 3.84. The van der Waals surface area contributed by atoms with Crippen LogP contribution in [0, 0.1) is 6.92 Å². The maximum absolute atomic E-state index is 12.2. The first-order valence-electron chi connectivity index (χ1n) is 9.24. The molecule has 1 amide bonds. The second-order valence-corrected chi connectivity index (χ2v) is 6.92. The van der Waals surface area contributed by atoms with Gasteiger partial charge in [0.05, 0.1) is 0 Å². The van der Waals surface area contributed by atoms with Crippen molar-refractivity contribution in [3.8, 4) is 28.6 Å². The number of hydrogen-bond acceptors (Lipinski definition) is 5. The van der Waals surface area contributed by atoms with Crippen LogP contribution in [0.1, 0.15) is 11.1 Å². The van der Waals surface area contributed by atoms with Crippen LogP contribution in [-0.4, -0.2) is 21.2 Å². The predicted molar refractivity (Wildman–Crippen MR) is 115 cm³/mol. The number of phenolic OH excluding ortho intramolecular Hbond substituents is 3. The van der Waals surface area contributed by atoms with Gasteiger partial charge in [0, 0.05) is 22.7 Å². The van der Waals surface area contributed by atoms with Crippen molar-refractivity contribution in [2.45, 2.75) is 6.92 Å². The van der Waals surface area contributed by atoms with Gasteiger partial charge in [-0.2, -0.15) is 0 Å². The molecule has 1 heterocycles. The summed E-state index contributed by atoms with van der Waals surface area (Å²) in [5, 5.41) is 32.8. The number of furan rings is 1. The molecule has 6 heteroatoms. The van der Waals surface area contributed by atoms with Gasteiger partial charge in [-0.25, -0.2) is 0 Å². The van der Waals surface area contributed by atoms with Gasteiger partial charge < -0.3 is 25.1 Å². The first-order chi connectivity index (χ1) is 14.4. The van der Waals surface area contributed by atoms with Crippen molar-refractivity contribution in [2.75, 3.05) is 5.32 Å². The fourth-order valence-electron chi connectivity index (χ4n) is 3.08. The molecule has 6 nitrogen and oxygen atoms in total. The van der Waals surface area contributed by atoms with E-state index in [0.717, 1.165) is 5.56 Å². The highest BCUT2D eigenvalue weighted by atomic mass is 16.4. The maximum Gasteiger partial charge on any atom is 0.248 e. The number of benzene rings is 3. The lowest BCUT2D eigenvalue weighted by atomic mass is 10.1. The van der Waals surface area contributed by atoms with Crippen molar-refractivity contribution in [2.24, 2.45) is 0 Å². The van der Waals surface area contributed by atoms with E-state index in [1.54, 1.807) is 24.3 Å². The second-order valence-electron chi connectivity index (χ2n) is 6.92. The molecule has 0 aliphatic carbocycles. The number of anilines is 1. The van der Waals surface area contributed by atoms with Crippen molar-refractivity contribution in [3.63, 3.8) is 0 Å². The molecule has 4 rings (SSSR count). The molecule has 4 aromatic rings. The summed E-state index contributed by atoms with van der Waals surface area (Å²) >= 11 is 0. The van der Waals surface area contributed by atoms with Gasteiger partial charge in [0.2, 0.25) is 5.91 Å². The average molecular weight is 401 g/mol. The van der Waals surface area contributed by atoms with E-state index in [9.17, 15) is 20.1 Å². The lowest BCUT2D eigenvalue weighted by Crippen LogP contribution is -2.07. The fourth-order valence-corrected chi connectivity index (χ4v) is 3.08. The molecule has 3 aromatic carbocycles. The third-order valence-electron chi connectivity index (χ3n) is 4.69. The summed E-state index contributed by atoms with van der Waals surface area (Å²) in [7, 11) is 0. The van der Waals surface area contributed by atoms with Crippen LogP contribution in [0.4, 0.5) is 5.69 Å². The quantitative estimate of drug-likeness (QED) is 0.279. The second kappa shape index (κ2) is 7.67. The average Bonchev–Trinajstić information content (AvgIpc) is 3.18. The molecule has 1 aromatic heterocycles. The number of aryl methyl sites for hydroxylation is 1. The molecular weight excluding hydrogens is 382 g/mol. The van der Waals surface area contributed by atoms with Crippen LogP contribution in [0.2, 0.25) is 0 Å². The van der Waals surface area contributed by atoms with Gasteiger partial charge in [0.1, 0.15) is 5.76 Å². The van der Waals surface area contributed by atoms with Gasteiger partial charge in [0.15, 0.2) is 22.8 Å². The van der Waals surface area contributed by atoms with E-state index in [-0.39, 0.29) is 28.7 Å². The highest BCUT2D eigenvalue weighted by molar-refractivity contribution is 6.04. The van der Waals surface area contributed by atoms with Crippen LogP contribution in [0.25, 0.3) is 28.4 Å². The Morgan fingerprint density at radius 2 is 1.63 bits per heavy atom. The Bertz CT molecular complexity index is 1270. The van der Waals surface area contributed by atoms with Crippen molar-refractivity contribution in [3.05, 3.63) is 77.9 Å². The van der Waals surface area contributed by atoms with Crippen LogP contribution >= 0.6 is 0 Å². The van der Waals surface area contributed by atoms with E-state index in [2.05, 4.69) is 5.32 Å². The summed E-state index contributed by atoms with van der Waals surface area (Å²) < 4.78 is 5.76. The number of nitrogens with one attached hydrogen (secondary N) is 1. The summed E-state index contributed by atoms with van der Waals surface area (Å²) in [5.41, 5.74) is 3.28. The number of hydrogen-bond donors (Lipinski definition) is 4. The summed E-state index contributed by atoms with van der Waals surface area (Å²) in [6.07, 6.45) is 3.05. The molecule has 150 valence electrons. The van der Waals surface area contributed by atoms with Gasteiger partial charge in [0.25, 0.3) is 0 Å². The zero-order valence-corrected chi connectivity index (χ0v) is 16.1. The largest absolute Gasteiger partial charge is 0.504 e. The highest BCUT2D eigenvalue weighted by Gasteiger charge is 2.14. The summed E-state index contributed by atoms with van der Waals surface area (Å²) in [6.45, 7) is 1.97. The van der Waals surface area contributed by atoms with E-state index < -0.39 is 0 Å². The standard InChI is InChI=1S/C24H19NO5/c1-14-2-7-17(8-3-14)25-23(29)11-6-15-4-10-20(27)24-18(15)13-22(30-24)16-5-9-19(26)21(28)12-16/h2-13,26-28H,1H3,(H,25,29)/b11-6+. The van der Waals surface area contributed by atoms with Gasteiger partial charge in [-0.15, -0.1) is 0 Å². The van der Waals surface area contributed by atoms with E-state index in [0.29, 0.717) is 28.0 Å². The number of rotatable bonds is 4. The first kappa shape index (κ1) is 19.1. The number of aromatic hydroxyl groups is 3. The van der Waals surface area contributed by atoms with Gasteiger partial charge in [-0.05, 0) is 61.0 Å². The minimum atomic E-state index is -0.285. The Morgan fingerprint density at radius 1 is 0.900 bits per heavy atom. The number of carbonyl (C=O) groups is 1. The Labute approximate surface area is 172 Å². The molecule has 0 atom stereocenters. The molecule has 0 radical (unpaired) electrons. The molecule has 0 saturated heterocycles. The van der Waals surface area contributed by atoms with Gasteiger partial charge >= 0.3 is 0 Å². The summed E-state index contributed by atoms with van der Waals surface area (Å²) in [4.78, 5) is 12.2. The maximum atomic E-state index is 12.2. The minimum absolute atomic E-state index is 0.0412. The third-order valence-corrected chi connectivity index (χ3v) is 4.69. The van der Waals surface area contributed by atoms with E-state index in [1.807, 2.05) is 31.2 Å². The number of carbonyl (C=O) groups excluding carboxylic acids is 1. The van der Waals surface area contributed by atoms with Crippen LogP contribution < -0.4 is 5.32 Å². The Balaban J connectivity index is 1.64. The molecule has 0 aliphatic heterocycles. The first-order valence-corrected chi connectivity index (χ1v) is 9.24. The fraction of sp³-hybridized carbons (Fsp3) is 0.0417. The summed E-state index contributed by atoms with van der Waals surface area (Å²) in [6, 6.07) is 16.7. The molecule has 30 heavy (non-hydrogen) atoms. The minimum Gasteiger partial charge on any atom is -0.504 e. The molecule has 0 unspecified atom stereocenters. The number of phenols is 3. The van der Waals surface area contributed by atoms with Crippen LogP contribution in [-0.2, 0) is 4.79 Å². The molecule has 0 spiro atoms. The molecule has 0 bridgehead atoms.